The predicted molar refractivity (Wildman–Crippen MR) is 127 cm³/mol. The monoisotopic (exact) mass is 521 g/mol. The zero-order valence-electron chi connectivity index (χ0n) is 19.1. The maximum atomic E-state index is 12.7. The molecule has 3 N–H and O–H groups in total. The predicted octanol–water partition coefficient (Wildman–Crippen LogP) is 1.78. The Hall–Kier alpha value is -2.84. The molecule has 2 aliphatic rings. The van der Waals surface area contributed by atoms with Crippen LogP contribution in [-0.2, 0) is 30.2 Å². The molecule has 186 valence electrons. The molecule has 2 amide bonds. The molecular formula is C21H24ClN7O5S. The van der Waals surface area contributed by atoms with Crippen molar-refractivity contribution in [1.82, 2.24) is 30.3 Å². The summed E-state index contributed by atoms with van der Waals surface area (Å²) in [7, 11) is 0. The van der Waals surface area contributed by atoms with Crippen LogP contribution in [0.2, 0.25) is 5.28 Å². The van der Waals surface area contributed by atoms with Gasteiger partial charge in [0.1, 0.15) is 12.2 Å². The zero-order valence-corrected chi connectivity index (χ0v) is 20.7. The third-order valence-corrected chi connectivity index (χ3v) is 6.59. The average molecular weight is 522 g/mol. The highest BCUT2D eigenvalue weighted by molar-refractivity contribution is 7.10. The van der Waals surface area contributed by atoms with Crippen molar-refractivity contribution in [2.75, 3.05) is 12.0 Å². The van der Waals surface area contributed by atoms with Gasteiger partial charge >= 0.3 is 0 Å². The van der Waals surface area contributed by atoms with Gasteiger partial charge in [0, 0.05) is 11.4 Å². The van der Waals surface area contributed by atoms with Gasteiger partial charge in [-0.1, -0.05) is 6.07 Å². The summed E-state index contributed by atoms with van der Waals surface area (Å²) in [5.74, 6) is -1.22. The van der Waals surface area contributed by atoms with E-state index in [4.69, 9.17) is 25.8 Å². The van der Waals surface area contributed by atoms with Crippen molar-refractivity contribution >= 4 is 51.7 Å². The third kappa shape index (κ3) is 4.69. The number of fused-ring (bicyclic) bond motifs is 2. The van der Waals surface area contributed by atoms with E-state index in [1.165, 1.54) is 17.7 Å². The van der Waals surface area contributed by atoms with Crippen molar-refractivity contribution < 1.29 is 23.8 Å². The molecule has 4 atom stereocenters. The molecule has 0 saturated carbocycles. The lowest BCUT2D eigenvalue weighted by Gasteiger charge is -2.24. The number of carbonyl (C=O) groups is 2. The van der Waals surface area contributed by atoms with E-state index in [0.29, 0.717) is 17.7 Å². The molecule has 2 fully saturated rings. The van der Waals surface area contributed by atoms with Crippen LogP contribution in [0.4, 0.5) is 5.82 Å². The van der Waals surface area contributed by atoms with Crippen LogP contribution in [0.25, 0.3) is 11.2 Å². The summed E-state index contributed by atoms with van der Waals surface area (Å²) in [5, 5.41) is 4.61. The van der Waals surface area contributed by atoms with Gasteiger partial charge in [-0.05, 0) is 43.8 Å². The van der Waals surface area contributed by atoms with Crippen molar-refractivity contribution in [2.45, 2.75) is 57.5 Å². The van der Waals surface area contributed by atoms with Crippen LogP contribution in [0, 0.1) is 0 Å². The van der Waals surface area contributed by atoms with Gasteiger partial charge in [0.05, 0.1) is 12.7 Å². The summed E-state index contributed by atoms with van der Waals surface area (Å²) in [6.45, 7) is 5.84. The van der Waals surface area contributed by atoms with E-state index in [-0.39, 0.29) is 29.3 Å². The second-order valence-corrected chi connectivity index (χ2v) is 9.87. The fourth-order valence-electron chi connectivity index (χ4n) is 4.19. The van der Waals surface area contributed by atoms with Crippen LogP contribution < -0.4 is 16.2 Å². The van der Waals surface area contributed by atoms with Crippen molar-refractivity contribution in [2.24, 2.45) is 0 Å². The van der Waals surface area contributed by atoms with E-state index >= 15 is 0 Å². The van der Waals surface area contributed by atoms with Gasteiger partial charge < -0.3 is 19.5 Å². The maximum Gasteiger partial charge on any atom is 0.252 e. The van der Waals surface area contributed by atoms with Gasteiger partial charge in [-0.3, -0.25) is 25.0 Å². The molecule has 0 aromatic carbocycles. The first-order valence-electron chi connectivity index (χ1n) is 11.0. The number of amides is 2. The zero-order chi connectivity index (χ0) is 24.7. The normalized spacial score (nSPS) is 24.9. The Bertz CT molecular complexity index is 1250. The summed E-state index contributed by atoms with van der Waals surface area (Å²) in [6, 6.07) is 3.76. The van der Waals surface area contributed by atoms with Gasteiger partial charge in [-0.2, -0.15) is 9.97 Å². The number of imidazole rings is 1. The molecule has 35 heavy (non-hydrogen) atoms. The Morgan fingerprint density at radius 2 is 2.06 bits per heavy atom. The molecule has 0 radical (unpaired) electrons. The molecule has 3 aromatic heterocycles. The number of anilines is 1. The number of likely N-dealkylation sites (N-methyl/N-ethyl adjacent to an activating group) is 1. The Balaban J connectivity index is 1.41. The summed E-state index contributed by atoms with van der Waals surface area (Å²) in [5.41, 5.74) is 6.08. The van der Waals surface area contributed by atoms with Crippen molar-refractivity contribution in [3.05, 3.63) is 34.0 Å². The second-order valence-electron chi connectivity index (χ2n) is 8.50. The van der Waals surface area contributed by atoms with Crippen LogP contribution in [0.15, 0.2) is 23.8 Å². The number of halogens is 1. The smallest absolute Gasteiger partial charge is 0.252 e. The molecule has 12 nitrogen and oxygen atoms in total. The fraction of sp³-hybridized carbons (Fsp3) is 0.476. The number of nitrogens with zero attached hydrogens (tertiary/aromatic N) is 4. The summed E-state index contributed by atoms with van der Waals surface area (Å²) in [4.78, 5) is 38.8. The number of thiophene rings is 1. The third-order valence-electron chi connectivity index (χ3n) is 5.54. The van der Waals surface area contributed by atoms with Crippen LogP contribution in [0.5, 0.6) is 0 Å². The Kier molecular flexibility index (Phi) is 6.36. The summed E-state index contributed by atoms with van der Waals surface area (Å²) >= 11 is 7.68. The van der Waals surface area contributed by atoms with Crippen molar-refractivity contribution in [3.8, 4) is 0 Å². The van der Waals surface area contributed by atoms with E-state index in [9.17, 15) is 9.59 Å². The first-order valence-corrected chi connectivity index (χ1v) is 12.3. The van der Waals surface area contributed by atoms with Crippen LogP contribution in [0.1, 0.15) is 31.9 Å². The minimum Gasteiger partial charge on any atom is -0.354 e. The first-order chi connectivity index (χ1) is 16.8. The molecule has 0 spiro atoms. The number of ether oxygens (including phenoxy) is 3. The van der Waals surface area contributed by atoms with Crippen LogP contribution >= 0.6 is 22.9 Å². The van der Waals surface area contributed by atoms with Gasteiger partial charge in [-0.25, -0.2) is 4.98 Å². The lowest BCUT2D eigenvalue weighted by molar-refractivity contribution is -0.197. The molecule has 3 aromatic rings. The lowest BCUT2D eigenvalue weighted by Crippen LogP contribution is -2.42. The van der Waals surface area contributed by atoms with Gasteiger partial charge in [0.25, 0.3) is 5.91 Å². The van der Waals surface area contributed by atoms with E-state index in [1.807, 2.05) is 24.4 Å². The first kappa shape index (κ1) is 23.9. The molecule has 14 heteroatoms. The molecular weight excluding hydrogens is 498 g/mol. The number of hydrazine groups is 1. The van der Waals surface area contributed by atoms with Crippen LogP contribution in [-0.4, -0.2) is 62.0 Å². The Morgan fingerprint density at radius 3 is 2.80 bits per heavy atom. The average Bonchev–Trinajstić information content (AvgIpc) is 3.56. The Labute approximate surface area is 209 Å². The van der Waals surface area contributed by atoms with Gasteiger partial charge in [-0.15, -0.1) is 11.3 Å². The minimum absolute atomic E-state index is 0.0620. The van der Waals surface area contributed by atoms with E-state index in [1.54, 1.807) is 18.4 Å². The maximum absolute atomic E-state index is 12.7. The highest BCUT2D eigenvalue weighted by Gasteiger charge is 2.58. The van der Waals surface area contributed by atoms with E-state index in [0.717, 1.165) is 4.88 Å². The van der Waals surface area contributed by atoms with Crippen LogP contribution in [0.3, 0.4) is 0 Å². The Morgan fingerprint density at radius 1 is 1.26 bits per heavy atom. The number of nitrogens with one attached hydrogen (secondary N) is 3. The molecule has 2 saturated heterocycles. The largest absolute Gasteiger partial charge is 0.354 e. The molecule has 0 aliphatic carbocycles. The summed E-state index contributed by atoms with van der Waals surface area (Å²) < 4.78 is 19.8. The number of aromatic nitrogens is 4. The standard InChI is InChI=1S/C21H24ClN7O5S/c1-4-23-18(31)14-13-15(34-21(2,3)33-13)19(32-14)29-9-24-12-16(25-20(22)26-17(12)29)28-27-11(30)8-10-6-5-7-35-10/h5-7,9,13-15,19H,4,8H2,1-3H3,(H,23,31)(H,27,30)(H,25,26,28). The minimum atomic E-state index is -0.898. The molecule has 4 unspecified atom stereocenters. The topological polar surface area (TPSA) is 142 Å². The van der Waals surface area contributed by atoms with E-state index < -0.39 is 30.3 Å². The second kappa shape index (κ2) is 9.32. The number of hydrogen-bond acceptors (Lipinski definition) is 10. The summed E-state index contributed by atoms with van der Waals surface area (Å²) in [6.07, 6.45) is -1.13. The molecule has 0 bridgehead atoms. The van der Waals surface area contributed by atoms with E-state index in [2.05, 4.69) is 31.1 Å². The fourth-order valence-corrected chi connectivity index (χ4v) is 5.06. The number of hydrogen-bond donors (Lipinski definition) is 3. The van der Waals surface area contributed by atoms with Gasteiger partial charge in [0.15, 0.2) is 35.1 Å². The van der Waals surface area contributed by atoms with Gasteiger partial charge in [0.2, 0.25) is 11.2 Å². The molecule has 5 heterocycles. The highest BCUT2D eigenvalue weighted by Crippen LogP contribution is 2.44. The molecule has 5 rings (SSSR count). The molecule has 2 aliphatic heterocycles. The number of rotatable bonds is 7. The van der Waals surface area contributed by atoms with Crippen molar-refractivity contribution in [3.63, 3.8) is 0 Å². The lowest BCUT2D eigenvalue weighted by atomic mass is 10.1. The number of carbonyl (C=O) groups excluding carboxylic acids is 2. The highest BCUT2D eigenvalue weighted by atomic mass is 35.5. The quantitative estimate of drug-likeness (QED) is 0.313. The van der Waals surface area contributed by atoms with Crippen molar-refractivity contribution in [1.29, 1.82) is 0 Å². The SMILES string of the molecule is CCNC(=O)C1OC(n2cnc3c(NNC(=O)Cc4cccs4)nc(Cl)nc32)C2OC(C)(C)OC12.